The van der Waals surface area contributed by atoms with Crippen LogP contribution in [-0.4, -0.2) is 87.2 Å². The summed E-state index contributed by atoms with van der Waals surface area (Å²) in [4.78, 5) is 22.6. The van der Waals surface area contributed by atoms with Crippen molar-refractivity contribution in [3.8, 4) is 5.75 Å². The number of quaternary nitrogens is 1. The van der Waals surface area contributed by atoms with E-state index in [-0.39, 0.29) is 0 Å². The molecule has 2 unspecified atom stereocenters. The average Bonchev–Trinajstić information content (AvgIpc) is 3.34. The highest BCUT2D eigenvalue weighted by Gasteiger charge is 2.45. The van der Waals surface area contributed by atoms with Gasteiger partial charge in [-0.1, -0.05) is 0 Å². The number of hydrogen-bond donors (Lipinski definition) is 5. The summed E-state index contributed by atoms with van der Waals surface area (Å²) in [6, 6.07) is 5.37. The number of nitrogens with zero attached hydrogens (tertiary/aromatic N) is 4. The Morgan fingerprint density at radius 2 is 1.85 bits per heavy atom. The second-order valence-corrected chi connectivity index (χ2v) is 8.44. The van der Waals surface area contributed by atoms with Crippen molar-refractivity contribution < 1.29 is 14.4 Å². The number of carbonyl (C=O) groups is 1. The monoisotopic (exact) mass is 454 g/mol. The molecule has 0 bridgehead atoms. The fraction of sp³-hybridized carbons (Fsp3) is 0.455. The fourth-order valence-electron chi connectivity index (χ4n) is 4.75. The van der Waals surface area contributed by atoms with Gasteiger partial charge in [-0.25, -0.2) is 9.89 Å². The molecule has 0 spiro atoms. The number of amides is 1. The van der Waals surface area contributed by atoms with Gasteiger partial charge in [-0.05, 0) is 12.1 Å². The van der Waals surface area contributed by atoms with Gasteiger partial charge in [0.1, 0.15) is 18.1 Å². The van der Waals surface area contributed by atoms with Gasteiger partial charge in [0.2, 0.25) is 17.7 Å². The third-order valence-corrected chi connectivity index (χ3v) is 6.45. The van der Waals surface area contributed by atoms with Gasteiger partial charge in [0.05, 0.1) is 19.0 Å². The van der Waals surface area contributed by atoms with Crippen LogP contribution in [0.5, 0.6) is 5.75 Å². The number of primary amides is 1. The third-order valence-electron chi connectivity index (χ3n) is 6.45. The molecule has 1 aromatic rings. The molecule has 2 fully saturated rings. The number of carbonyl (C=O) groups excluding carboxylic acids is 1. The largest absolute Gasteiger partial charge is 0.494 e. The van der Waals surface area contributed by atoms with Crippen molar-refractivity contribution in [3.63, 3.8) is 0 Å². The number of fused-ring (bicyclic) bond motifs is 1. The van der Waals surface area contributed by atoms with Gasteiger partial charge >= 0.3 is 0 Å². The van der Waals surface area contributed by atoms with Crippen molar-refractivity contribution in [2.75, 3.05) is 69.8 Å². The number of hydrazine groups is 1. The van der Waals surface area contributed by atoms with Crippen LogP contribution >= 0.6 is 0 Å². The Labute approximate surface area is 193 Å². The van der Waals surface area contributed by atoms with Crippen LogP contribution in [-0.2, 0) is 4.79 Å². The van der Waals surface area contributed by atoms with E-state index in [1.165, 1.54) is 0 Å². The number of aliphatic imine (C=N–C) groups is 1. The van der Waals surface area contributed by atoms with Crippen LogP contribution in [0.3, 0.4) is 0 Å². The van der Waals surface area contributed by atoms with Crippen molar-refractivity contribution in [3.05, 3.63) is 42.6 Å². The van der Waals surface area contributed by atoms with Gasteiger partial charge in [-0.15, -0.1) is 0 Å². The van der Waals surface area contributed by atoms with Crippen molar-refractivity contribution in [1.82, 2.24) is 20.5 Å². The molecule has 33 heavy (non-hydrogen) atoms. The van der Waals surface area contributed by atoms with E-state index in [1.54, 1.807) is 18.3 Å². The molecule has 4 aliphatic heterocycles. The molecule has 11 nitrogen and oxygen atoms in total. The molecule has 0 radical (unpaired) electrons. The van der Waals surface area contributed by atoms with Gasteiger partial charge in [0.25, 0.3) is 5.91 Å². The van der Waals surface area contributed by atoms with Crippen LogP contribution in [0, 0.1) is 0 Å². The number of piperazine rings is 2. The fourth-order valence-corrected chi connectivity index (χ4v) is 4.75. The van der Waals surface area contributed by atoms with Gasteiger partial charge in [0, 0.05) is 64.1 Å². The lowest BCUT2D eigenvalue weighted by Gasteiger charge is -2.39. The zero-order valence-electron chi connectivity index (χ0n) is 18.9. The molecule has 0 saturated carbocycles. The van der Waals surface area contributed by atoms with Gasteiger partial charge in [-0.3, -0.25) is 15.2 Å². The van der Waals surface area contributed by atoms with Crippen LogP contribution in [0.15, 0.2) is 47.6 Å². The van der Waals surface area contributed by atoms with Crippen molar-refractivity contribution in [2.24, 2.45) is 10.7 Å². The van der Waals surface area contributed by atoms with E-state index in [9.17, 15) is 4.79 Å². The Morgan fingerprint density at radius 3 is 2.52 bits per heavy atom. The molecule has 2 saturated heterocycles. The highest BCUT2D eigenvalue weighted by atomic mass is 16.5. The molecule has 2 atom stereocenters. The molecule has 1 aromatic carbocycles. The zero-order valence-corrected chi connectivity index (χ0v) is 18.9. The Morgan fingerprint density at radius 1 is 1.15 bits per heavy atom. The van der Waals surface area contributed by atoms with Gasteiger partial charge < -0.3 is 30.9 Å². The number of amidine groups is 1. The molecule has 11 heteroatoms. The maximum absolute atomic E-state index is 12.5. The standard InChI is InChI=1S/C22H31N9O2/c1-33-18-14-16(28-9-4-24-5-10-28)2-3-17(18)27-31-15-19(29-11-6-25-7-12-29)30-13-8-26-22(30)20(31)21(23)32/h2-3,8,13-15,20,24-25,27H,4-7,9-12H2,1H3,(H2,23,32)/p+1. The molecule has 4 heterocycles. The second-order valence-electron chi connectivity index (χ2n) is 8.44. The molecule has 4 aliphatic rings. The Kier molecular flexibility index (Phi) is 6.07. The number of nitrogens with one attached hydrogen (secondary N) is 4. The summed E-state index contributed by atoms with van der Waals surface area (Å²) in [5.41, 5.74) is 11.1. The summed E-state index contributed by atoms with van der Waals surface area (Å²) in [7, 11) is 1.66. The Balaban J connectivity index is 1.46. The third kappa shape index (κ3) is 4.22. The van der Waals surface area contributed by atoms with Crippen molar-refractivity contribution in [2.45, 2.75) is 6.04 Å². The molecule has 176 valence electrons. The maximum Gasteiger partial charge on any atom is 0.254 e. The van der Waals surface area contributed by atoms with Gasteiger partial charge in [0.15, 0.2) is 0 Å². The minimum atomic E-state index is -0.723. The predicted molar refractivity (Wildman–Crippen MR) is 127 cm³/mol. The first-order chi connectivity index (χ1) is 16.2. The van der Waals surface area contributed by atoms with E-state index in [2.05, 4.69) is 36.9 Å². The Hall–Kier alpha value is -3.28. The average molecular weight is 455 g/mol. The topological polar surface area (TPSA) is 115 Å². The zero-order chi connectivity index (χ0) is 22.8. The predicted octanol–water partition coefficient (Wildman–Crippen LogP) is -1.93. The first kappa shape index (κ1) is 21.6. The van der Waals surface area contributed by atoms with Crippen LogP contribution < -0.4 is 36.3 Å². The summed E-state index contributed by atoms with van der Waals surface area (Å²) in [5, 5.41) is 8.52. The normalized spacial score (nSPS) is 24.8. The first-order valence-electron chi connectivity index (χ1n) is 11.4. The van der Waals surface area contributed by atoms with Crippen LogP contribution in [0.25, 0.3) is 0 Å². The minimum absolute atomic E-state index is 0.463. The molecular formula is C22H32N9O2+. The lowest BCUT2D eigenvalue weighted by atomic mass is 10.1. The number of methoxy groups -OCH3 is 1. The quantitative estimate of drug-likeness (QED) is 0.338. The van der Waals surface area contributed by atoms with Crippen LogP contribution in [0.2, 0.25) is 0 Å². The Bertz CT molecular complexity index is 980. The molecule has 0 aromatic heterocycles. The number of ether oxygens (including phenoxy) is 1. The second kappa shape index (κ2) is 9.30. The van der Waals surface area contributed by atoms with Crippen LogP contribution in [0.4, 0.5) is 11.4 Å². The van der Waals surface area contributed by atoms with Crippen molar-refractivity contribution >= 4 is 23.1 Å². The molecular weight excluding hydrogens is 422 g/mol. The number of rotatable bonds is 6. The first-order valence-corrected chi connectivity index (χ1v) is 11.4. The smallest absolute Gasteiger partial charge is 0.254 e. The van der Waals surface area contributed by atoms with E-state index >= 15 is 0 Å². The van der Waals surface area contributed by atoms with Gasteiger partial charge in [-0.2, -0.15) is 0 Å². The van der Waals surface area contributed by atoms with E-state index in [4.69, 9.17) is 10.5 Å². The van der Waals surface area contributed by atoms with E-state index in [1.807, 2.05) is 24.5 Å². The molecule has 6 N–H and O–H groups in total. The number of hydrogen-bond acceptors (Lipinski definition) is 9. The van der Waals surface area contributed by atoms with E-state index in [0.29, 0.717) is 11.6 Å². The van der Waals surface area contributed by atoms with Crippen LogP contribution in [0.1, 0.15) is 0 Å². The highest BCUT2D eigenvalue weighted by molar-refractivity contribution is 6.04. The number of benzene rings is 1. The lowest BCUT2D eigenvalue weighted by molar-refractivity contribution is -0.715. The SMILES string of the molecule is COc1cc(N2CCNCC2)ccc1NN1C=C(N2CCNCC2)[NH+]2C=CN=C2C1C(N)=O. The summed E-state index contributed by atoms with van der Waals surface area (Å²) in [5.74, 6) is 1.94. The summed E-state index contributed by atoms with van der Waals surface area (Å²) < 4.78 is 5.71. The molecule has 1 amide bonds. The lowest BCUT2D eigenvalue weighted by Crippen LogP contribution is -3.12. The van der Waals surface area contributed by atoms with E-state index in [0.717, 1.165) is 74.5 Å². The molecule has 5 rings (SSSR count). The number of anilines is 2. The van der Waals surface area contributed by atoms with Crippen molar-refractivity contribution in [1.29, 1.82) is 0 Å². The maximum atomic E-state index is 12.5. The highest BCUT2D eigenvalue weighted by Crippen LogP contribution is 2.31. The summed E-state index contributed by atoms with van der Waals surface area (Å²) >= 11 is 0. The molecule has 0 aliphatic carbocycles. The summed E-state index contributed by atoms with van der Waals surface area (Å²) in [6.45, 7) is 7.42. The summed E-state index contributed by atoms with van der Waals surface area (Å²) in [6.07, 6.45) is 5.66. The minimum Gasteiger partial charge on any atom is -0.494 e. The number of nitrogens with two attached hydrogens (primary N) is 1. The van der Waals surface area contributed by atoms with E-state index < -0.39 is 11.9 Å².